The quantitative estimate of drug-likeness (QED) is 0.793. The molecule has 1 aliphatic rings. The average Bonchev–Trinajstić information content (AvgIpc) is 2.77. The number of ether oxygens (including phenoxy) is 2. The molecule has 2 aromatic carbocycles. The minimum absolute atomic E-state index is 0.236. The van der Waals surface area contributed by atoms with Crippen LogP contribution in [-0.2, 0) is 0 Å². The highest BCUT2D eigenvalue weighted by Crippen LogP contribution is 2.43. The van der Waals surface area contributed by atoms with E-state index in [0.29, 0.717) is 5.75 Å². The van der Waals surface area contributed by atoms with Crippen LogP contribution in [0.5, 0.6) is 17.2 Å². The zero-order valence-electron chi connectivity index (χ0n) is 8.51. The van der Waals surface area contributed by atoms with Gasteiger partial charge in [0.2, 0.25) is 6.79 Å². The molecule has 0 radical (unpaired) electrons. The predicted molar refractivity (Wildman–Crippen MR) is 59.7 cm³/mol. The van der Waals surface area contributed by atoms with Gasteiger partial charge in [0.1, 0.15) is 5.75 Å². The summed E-state index contributed by atoms with van der Waals surface area (Å²) in [5, 5.41) is 9.80. The molecule has 0 aliphatic carbocycles. The number of benzene rings is 2. The first kappa shape index (κ1) is 9.09. The first-order valence-electron chi connectivity index (χ1n) is 5.03. The third-order valence-electron chi connectivity index (χ3n) is 2.59. The monoisotopic (exact) mass is 214 g/mol. The smallest absolute Gasteiger partial charge is 0.231 e. The highest BCUT2D eigenvalue weighted by molar-refractivity contribution is 5.78. The zero-order valence-corrected chi connectivity index (χ0v) is 8.51. The molecule has 3 rings (SSSR count). The highest BCUT2D eigenvalue weighted by Gasteiger charge is 2.19. The summed E-state index contributed by atoms with van der Waals surface area (Å²) in [6, 6.07) is 12.8. The first-order chi connectivity index (χ1) is 7.86. The van der Waals surface area contributed by atoms with Crippen LogP contribution in [0.3, 0.4) is 0 Å². The van der Waals surface area contributed by atoms with Crippen molar-refractivity contribution in [2.24, 2.45) is 0 Å². The van der Waals surface area contributed by atoms with Gasteiger partial charge in [-0.1, -0.05) is 30.3 Å². The van der Waals surface area contributed by atoms with Crippen LogP contribution in [0.1, 0.15) is 0 Å². The van der Waals surface area contributed by atoms with Gasteiger partial charge in [0.15, 0.2) is 11.5 Å². The van der Waals surface area contributed by atoms with Gasteiger partial charge in [-0.3, -0.25) is 0 Å². The van der Waals surface area contributed by atoms with Gasteiger partial charge in [-0.05, 0) is 12.1 Å². The summed E-state index contributed by atoms with van der Waals surface area (Å²) < 4.78 is 10.7. The molecule has 3 heteroatoms. The van der Waals surface area contributed by atoms with E-state index in [0.717, 1.165) is 16.9 Å². The van der Waals surface area contributed by atoms with Crippen LogP contribution in [0.2, 0.25) is 0 Å². The summed E-state index contributed by atoms with van der Waals surface area (Å²) in [7, 11) is 0. The number of rotatable bonds is 1. The van der Waals surface area contributed by atoms with Crippen LogP contribution in [0, 0.1) is 0 Å². The Morgan fingerprint density at radius 2 is 1.69 bits per heavy atom. The number of hydrogen-bond donors (Lipinski definition) is 1. The van der Waals surface area contributed by atoms with E-state index in [1.807, 2.05) is 30.3 Å². The molecular formula is C13H10O3. The first-order valence-corrected chi connectivity index (χ1v) is 5.03. The summed E-state index contributed by atoms with van der Waals surface area (Å²) in [4.78, 5) is 0. The Labute approximate surface area is 92.9 Å². The van der Waals surface area contributed by atoms with Crippen molar-refractivity contribution in [3.8, 4) is 28.4 Å². The van der Waals surface area contributed by atoms with E-state index >= 15 is 0 Å². The van der Waals surface area contributed by atoms with Crippen LogP contribution >= 0.6 is 0 Å². The fourth-order valence-electron chi connectivity index (χ4n) is 1.84. The third kappa shape index (κ3) is 1.29. The molecule has 3 nitrogen and oxygen atoms in total. The second kappa shape index (κ2) is 3.45. The molecule has 0 saturated heterocycles. The number of hydrogen-bond acceptors (Lipinski definition) is 3. The lowest BCUT2D eigenvalue weighted by Crippen LogP contribution is -1.93. The Bertz CT molecular complexity index is 534. The number of fused-ring (bicyclic) bond motifs is 1. The fourth-order valence-corrected chi connectivity index (χ4v) is 1.84. The largest absolute Gasteiger partial charge is 0.507 e. The number of phenolic OH excluding ortho intramolecular Hbond substituents is 1. The zero-order chi connectivity index (χ0) is 11.0. The molecular weight excluding hydrogens is 204 g/mol. The van der Waals surface area contributed by atoms with E-state index in [1.54, 1.807) is 12.1 Å². The van der Waals surface area contributed by atoms with Crippen LogP contribution in [0.25, 0.3) is 11.1 Å². The normalized spacial score (nSPS) is 12.8. The van der Waals surface area contributed by atoms with Crippen LogP contribution in [-0.4, -0.2) is 11.9 Å². The van der Waals surface area contributed by atoms with Crippen molar-refractivity contribution in [1.82, 2.24) is 0 Å². The second-order valence-corrected chi connectivity index (χ2v) is 3.56. The van der Waals surface area contributed by atoms with Gasteiger partial charge < -0.3 is 14.6 Å². The summed E-state index contributed by atoms with van der Waals surface area (Å²) in [6.45, 7) is 0.236. The van der Waals surface area contributed by atoms with E-state index in [2.05, 4.69) is 0 Å². The Morgan fingerprint density at radius 3 is 2.56 bits per heavy atom. The third-order valence-corrected chi connectivity index (χ3v) is 2.59. The van der Waals surface area contributed by atoms with Gasteiger partial charge in [-0.25, -0.2) is 0 Å². The molecule has 0 aromatic heterocycles. The van der Waals surface area contributed by atoms with Crippen molar-refractivity contribution in [3.05, 3.63) is 42.5 Å². The Balaban J connectivity index is 2.21. The molecule has 0 amide bonds. The van der Waals surface area contributed by atoms with Crippen molar-refractivity contribution in [2.45, 2.75) is 0 Å². The molecule has 1 heterocycles. The van der Waals surface area contributed by atoms with Crippen LogP contribution < -0.4 is 9.47 Å². The molecule has 0 saturated carbocycles. The van der Waals surface area contributed by atoms with E-state index in [4.69, 9.17) is 9.47 Å². The number of para-hydroxylation sites is 2. The molecule has 80 valence electrons. The Hall–Kier alpha value is -2.16. The average molecular weight is 214 g/mol. The summed E-state index contributed by atoms with van der Waals surface area (Å²) in [5.74, 6) is 1.66. The van der Waals surface area contributed by atoms with Gasteiger partial charge in [0.25, 0.3) is 0 Å². The maximum atomic E-state index is 9.80. The summed E-state index contributed by atoms with van der Waals surface area (Å²) in [6.07, 6.45) is 0. The van der Waals surface area contributed by atoms with E-state index in [9.17, 15) is 5.11 Å². The van der Waals surface area contributed by atoms with Crippen molar-refractivity contribution >= 4 is 0 Å². The van der Waals surface area contributed by atoms with Crippen molar-refractivity contribution < 1.29 is 14.6 Å². The van der Waals surface area contributed by atoms with Crippen LogP contribution in [0.4, 0.5) is 0 Å². The Kier molecular flexibility index (Phi) is 1.96. The van der Waals surface area contributed by atoms with Crippen LogP contribution in [0.15, 0.2) is 42.5 Å². The Morgan fingerprint density at radius 1 is 0.875 bits per heavy atom. The maximum absolute atomic E-state index is 9.80. The molecule has 16 heavy (non-hydrogen) atoms. The van der Waals surface area contributed by atoms with Gasteiger partial charge in [-0.2, -0.15) is 0 Å². The van der Waals surface area contributed by atoms with E-state index in [-0.39, 0.29) is 12.5 Å². The molecule has 1 aliphatic heterocycles. The minimum Gasteiger partial charge on any atom is -0.507 e. The predicted octanol–water partition coefficient (Wildman–Crippen LogP) is 2.79. The molecule has 0 bridgehead atoms. The van der Waals surface area contributed by atoms with Crippen molar-refractivity contribution in [2.75, 3.05) is 6.79 Å². The lowest BCUT2D eigenvalue weighted by atomic mass is 10.0. The summed E-state index contributed by atoms with van der Waals surface area (Å²) >= 11 is 0. The number of aromatic hydroxyl groups is 1. The minimum atomic E-state index is 0.236. The molecule has 2 aromatic rings. The summed E-state index contributed by atoms with van der Waals surface area (Å²) in [5.41, 5.74) is 1.61. The highest BCUT2D eigenvalue weighted by atomic mass is 16.7. The molecule has 0 unspecified atom stereocenters. The maximum Gasteiger partial charge on any atom is 0.231 e. The van der Waals surface area contributed by atoms with Gasteiger partial charge >= 0.3 is 0 Å². The van der Waals surface area contributed by atoms with E-state index < -0.39 is 0 Å². The van der Waals surface area contributed by atoms with Crippen molar-refractivity contribution in [1.29, 1.82) is 0 Å². The fraction of sp³-hybridized carbons (Fsp3) is 0.0769. The standard InChI is InChI=1S/C13H10O3/c14-11-6-2-1-4-9(11)10-5-3-7-12-13(10)16-8-15-12/h1-7,14H,8H2. The lowest BCUT2D eigenvalue weighted by Gasteiger charge is -2.07. The molecule has 0 atom stereocenters. The second-order valence-electron chi connectivity index (χ2n) is 3.56. The van der Waals surface area contributed by atoms with Gasteiger partial charge in [-0.15, -0.1) is 0 Å². The SMILES string of the molecule is Oc1ccccc1-c1cccc2c1OCO2. The lowest BCUT2D eigenvalue weighted by molar-refractivity contribution is 0.174. The van der Waals surface area contributed by atoms with Gasteiger partial charge in [0.05, 0.1) is 0 Å². The number of phenols is 1. The van der Waals surface area contributed by atoms with Crippen molar-refractivity contribution in [3.63, 3.8) is 0 Å². The van der Waals surface area contributed by atoms with Gasteiger partial charge in [0, 0.05) is 11.1 Å². The van der Waals surface area contributed by atoms with E-state index in [1.165, 1.54) is 0 Å². The molecule has 1 N–H and O–H groups in total. The molecule has 0 spiro atoms. The topological polar surface area (TPSA) is 38.7 Å². The molecule has 0 fully saturated rings.